The Morgan fingerprint density at radius 2 is 2.28 bits per heavy atom. The lowest BCUT2D eigenvalue weighted by atomic mass is 10.3. The van der Waals surface area contributed by atoms with E-state index in [9.17, 15) is 0 Å². The summed E-state index contributed by atoms with van der Waals surface area (Å²) in [5.74, 6) is 4.66. The molecule has 0 radical (unpaired) electrons. The first-order valence-corrected chi connectivity index (χ1v) is 8.74. The number of thioether (sulfide) groups is 2. The molecule has 0 bridgehead atoms. The first-order valence-electron chi connectivity index (χ1n) is 6.54. The van der Waals surface area contributed by atoms with Gasteiger partial charge in [0.1, 0.15) is 5.82 Å². The van der Waals surface area contributed by atoms with Crippen LogP contribution in [-0.2, 0) is 6.54 Å². The molecule has 0 saturated carbocycles. The topological polar surface area (TPSA) is 37.8 Å². The molecule has 1 N–H and O–H groups in total. The molecule has 1 aliphatic heterocycles. The first-order chi connectivity index (χ1) is 8.79. The fourth-order valence-corrected chi connectivity index (χ4v) is 4.52. The molecule has 2 heterocycles. The van der Waals surface area contributed by atoms with Gasteiger partial charge in [0, 0.05) is 29.5 Å². The highest BCUT2D eigenvalue weighted by Gasteiger charge is 2.19. The average molecular weight is 283 g/mol. The Bertz CT molecular complexity index is 378. The molecule has 1 aromatic heterocycles. The number of hydrogen-bond donors (Lipinski definition) is 1. The SMILES string of the molecule is CCCNCc1cc(C)nc(C2CSCCS2)n1. The molecule has 1 atom stereocenters. The minimum Gasteiger partial charge on any atom is -0.311 e. The van der Waals surface area contributed by atoms with Crippen LogP contribution in [0.25, 0.3) is 0 Å². The smallest absolute Gasteiger partial charge is 0.142 e. The third-order valence-electron chi connectivity index (χ3n) is 2.76. The highest BCUT2D eigenvalue weighted by Crippen LogP contribution is 2.35. The molecule has 0 aromatic carbocycles. The molecule has 1 aliphatic rings. The van der Waals surface area contributed by atoms with Gasteiger partial charge in [-0.2, -0.15) is 11.8 Å². The van der Waals surface area contributed by atoms with E-state index in [1.807, 2.05) is 23.5 Å². The van der Waals surface area contributed by atoms with Crippen molar-refractivity contribution >= 4 is 23.5 Å². The van der Waals surface area contributed by atoms with Gasteiger partial charge in [0.15, 0.2) is 0 Å². The Kier molecular flexibility index (Phi) is 5.79. The number of nitrogens with zero attached hydrogens (tertiary/aromatic N) is 2. The van der Waals surface area contributed by atoms with Crippen LogP contribution in [0.4, 0.5) is 0 Å². The highest BCUT2D eigenvalue weighted by molar-refractivity contribution is 8.06. The van der Waals surface area contributed by atoms with Crippen molar-refractivity contribution in [1.29, 1.82) is 0 Å². The van der Waals surface area contributed by atoms with Crippen LogP contribution in [0.15, 0.2) is 6.07 Å². The summed E-state index contributed by atoms with van der Waals surface area (Å²) < 4.78 is 0. The lowest BCUT2D eigenvalue weighted by Crippen LogP contribution is -2.17. The van der Waals surface area contributed by atoms with Gasteiger partial charge in [0.05, 0.1) is 10.9 Å². The van der Waals surface area contributed by atoms with Crippen molar-refractivity contribution in [2.24, 2.45) is 0 Å². The van der Waals surface area contributed by atoms with E-state index in [4.69, 9.17) is 4.98 Å². The van der Waals surface area contributed by atoms with E-state index in [0.29, 0.717) is 5.25 Å². The quantitative estimate of drug-likeness (QED) is 0.841. The van der Waals surface area contributed by atoms with Crippen LogP contribution in [0.3, 0.4) is 0 Å². The summed E-state index contributed by atoms with van der Waals surface area (Å²) in [6, 6.07) is 2.09. The van der Waals surface area contributed by atoms with Crippen molar-refractivity contribution < 1.29 is 0 Å². The summed E-state index contributed by atoms with van der Waals surface area (Å²) in [7, 11) is 0. The Labute approximate surface area is 118 Å². The Morgan fingerprint density at radius 3 is 3.00 bits per heavy atom. The van der Waals surface area contributed by atoms with E-state index in [2.05, 4.69) is 30.2 Å². The fourth-order valence-electron chi connectivity index (χ4n) is 1.92. The summed E-state index contributed by atoms with van der Waals surface area (Å²) in [5.41, 5.74) is 2.21. The molecule has 1 saturated heterocycles. The van der Waals surface area contributed by atoms with Gasteiger partial charge in [0.25, 0.3) is 0 Å². The van der Waals surface area contributed by atoms with Gasteiger partial charge in [-0.1, -0.05) is 6.92 Å². The van der Waals surface area contributed by atoms with E-state index < -0.39 is 0 Å². The molecule has 3 nitrogen and oxygen atoms in total. The van der Waals surface area contributed by atoms with Gasteiger partial charge < -0.3 is 5.32 Å². The summed E-state index contributed by atoms with van der Waals surface area (Å²) in [4.78, 5) is 9.33. The molecule has 5 heteroatoms. The van der Waals surface area contributed by atoms with Crippen LogP contribution < -0.4 is 5.32 Å². The van der Waals surface area contributed by atoms with Gasteiger partial charge in [-0.05, 0) is 26.0 Å². The molecule has 2 rings (SSSR count). The fraction of sp³-hybridized carbons (Fsp3) is 0.692. The Hall–Kier alpha value is -0.260. The van der Waals surface area contributed by atoms with Gasteiger partial charge >= 0.3 is 0 Å². The second-order valence-electron chi connectivity index (χ2n) is 4.47. The standard InChI is InChI=1S/C13H21N3S2/c1-3-4-14-8-11-7-10(2)15-13(16-11)12-9-17-5-6-18-12/h7,12,14H,3-6,8-9H2,1-2H3. The summed E-state index contributed by atoms with van der Waals surface area (Å²) >= 11 is 4.01. The normalized spacial score (nSPS) is 20.0. The largest absolute Gasteiger partial charge is 0.311 e. The van der Waals surface area contributed by atoms with Crippen LogP contribution in [0.5, 0.6) is 0 Å². The summed E-state index contributed by atoms with van der Waals surface area (Å²) in [5, 5.41) is 3.89. The van der Waals surface area contributed by atoms with Crippen molar-refractivity contribution in [3.63, 3.8) is 0 Å². The van der Waals surface area contributed by atoms with E-state index >= 15 is 0 Å². The molecule has 1 aromatic rings. The second kappa shape index (κ2) is 7.36. The monoisotopic (exact) mass is 283 g/mol. The number of nitrogens with one attached hydrogen (secondary N) is 1. The summed E-state index contributed by atoms with van der Waals surface area (Å²) in [6.45, 7) is 6.15. The lowest BCUT2D eigenvalue weighted by molar-refractivity contribution is 0.657. The van der Waals surface area contributed by atoms with Crippen molar-refractivity contribution in [2.75, 3.05) is 23.8 Å². The zero-order valence-electron chi connectivity index (χ0n) is 11.1. The molecule has 1 fully saturated rings. The third-order valence-corrected chi connectivity index (χ3v) is 5.51. The van der Waals surface area contributed by atoms with Crippen LogP contribution in [0.2, 0.25) is 0 Å². The van der Waals surface area contributed by atoms with E-state index in [1.165, 1.54) is 11.5 Å². The molecule has 0 aliphatic carbocycles. The minimum atomic E-state index is 0.480. The van der Waals surface area contributed by atoms with Gasteiger partial charge in [0.2, 0.25) is 0 Å². The maximum absolute atomic E-state index is 4.72. The Morgan fingerprint density at radius 1 is 1.39 bits per heavy atom. The summed E-state index contributed by atoms with van der Waals surface area (Å²) in [6.07, 6.45) is 1.16. The number of rotatable bonds is 5. The van der Waals surface area contributed by atoms with Gasteiger partial charge in [-0.3, -0.25) is 0 Å². The van der Waals surface area contributed by atoms with E-state index in [1.54, 1.807) is 0 Å². The molecule has 1 unspecified atom stereocenters. The zero-order chi connectivity index (χ0) is 12.8. The minimum absolute atomic E-state index is 0.480. The van der Waals surface area contributed by atoms with Gasteiger partial charge in [-0.25, -0.2) is 9.97 Å². The van der Waals surface area contributed by atoms with Gasteiger partial charge in [-0.15, -0.1) is 11.8 Å². The Balaban J connectivity index is 2.05. The maximum Gasteiger partial charge on any atom is 0.142 e. The lowest BCUT2D eigenvalue weighted by Gasteiger charge is -2.20. The maximum atomic E-state index is 4.72. The zero-order valence-corrected chi connectivity index (χ0v) is 12.7. The molecule has 0 spiro atoms. The first kappa shape index (κ1) is 14.2. The van der Waals surface area contributed by atoms with Crippen LogP contribution >= 0.6 is 23.5 Å². The van der Waals surface area contributed by atoms with E-state index in [-0.39, 0.29) is 0 Å². The second-order valence-corrected chi connectivity index (χ2v) is 6.93. The van der Waals surface area contributed by atoms with Crippen LogP contribution in [-0.4, -0.2) is 33.8 Å². The highest BCUT2D eigenvalue weighted by atomic mass is 32.2. The average Bonchev–Trinajstić information content (AvgIpc) is 2.39. The predicted molar refractivity (Wildman–Crippen MR) is 81.3 cm³/mol. The number of hydrogen-bond acceptors (Lipinski definition) is 5. The van der Waals surface area contributed by atoms with Crippen LogP contribution in [0.1, 0.15) is 35.8 Å². The molecular weight excluding hydrogens is 262 g/mol. The van der Waals surface area contributed by atoms with Crippen LogP contribution in [0, 0.1) is 6.92 Å². The van der Waals surface area contributed by atoms with Crippen molar-refractivity contribution in [3.8, 4) is 0 Å². The van der Waals surface area contributed by atoms with Crippen molar-refractivity contribution in [3.05, 3.63) is 23.3 Å². The number of aryl methyl sites for hydroxylation is 1. The molecule has 0 amide bonds. The van der Waals surface area contributed by atoms with E-state index in [0.717, 1.165) is 42.5 Å². The predicted octanol–water partition coefficient (Wildman–Crippen LogP) is 2.81. The van der Waals surface area contributed by atoms with Crippen molar-refractivity contribution in [1.82, 2.24) is 15.3 Å². The molecule has 100 valence electrons. The third kappa shape index (κ3) is 4.14. The molecular formula is C13H21N3S2. The molecule has 18 heavy (non-hydrogen) atoms. The van der Waals surface area contributed by atoms with Crippen molar-refractivity contribution in [2.45, 2.75) is 32.1 Å². The number of aromatic nitrogens is 2.